The summed E-state index contributed by atoms with van der Waals surface area (Å²) in [6.45, 7) is 4.74. The largest absolute Gasteiger partial charge is 0.322 e. The monoisotopic (exact) mass is 419 g/mol. The molecule has 0 bridgehead atoms. The van der Waals surface area contributed by atoms with Gasteiger partial charge in [-0.3, -0.25) is 14.0 Å². The van der Waals surface area contributed by atoms with Crippen LogP contribution in [0, 0.1) is 13.8 Å². The van der Waals surface area contributed by atoms with Gasteiger partial charge in [-0.05, 0) is 50.7 Å². The summed E-state index contributed by atoms with van der Waals surface area (Å²) < 4.78 is 3.63. The Morgan fingerprint density at radius 1 is 1.13 bits per heavy atom. The molecule has 0 radical (unpaired) electrons. The number of hydrogen-bond donors (Lipinski definition) is 1. The van der Waals surface area contributed by atoms with Crippen LogP contribution in [0.2, 0.25) is 0 Å². The molecule has 0 unspecified atom stereocenters. The summed E-state index contributed by atoms with van der Waals surface area (Å²) in [6.07, 6.45) is 4.40. The minimum Gasteiger partial charge on any atom is -0.322 e. The first kappa shape index (κ1) is 19.1. The summed E-state index contributed by atoms with van der Waals surface area (Å²) in [5.74, 6) is 0.566. The molecule has 1 aromatic carbocycles. The zero-order valence-corrected chi connectivity index (χ0v) is 18.3. The highest BCUT2D eigenvalue weighted by atomic mass is 32.1. The average Bonchev–Trinajstić information content (AvgIpc) is 3.24. The molecule has 30 heavy (non-hydrogen) atoms. The maximum absolute atomic E-state index is 13.2. The van der Waals surface area contributed by atoms with Gasteiger partial charge in [-0.2, -0.15) is 5.10 Å². The van der Waals surface area contributed by atoms with Gasteiger partial charge in [-0.25, -0.2) is 4.98 Å². The normalized spacial score (nSPS) is 13.6. The fraction of sp³-hybridized carbons (Fsp3) is 0.348. The Morgan fingerprint density at radius 3 is 2.70 bits per heavy atom. The molecule has 1 aliphatic carbocycles. The average molecular weight is 420 g/mol. The summed E-state index contributed by atoms with van der Waals surface area (Å²) in [5.41, 5.74) is 5.29. The fourth-order valence-corrected chi connectivity index (χ4v) is 5.55. The molecule has 3 heterocycles. The molecule has 0 fully saturated rings. The minimum atomic E-state index is 0.0360. The van der Waals surface area contributed by atoms with Crippen LogP contribution in [-0.4, -0.2) is 19.3 Å². The smallest absolute Gasteiger partial charge is 0.263 e. The third-order valence-electron chi connectivity index (χ3n) is 5.99. The lowest BCUT2D eigenvalue weighted by Gasteiger charge is -2.12. The van der Waals surface area contributed by atoms with Gasteiger partial charge in [-0.15, -0.1) is 11.3 Å². The molecule has 0 spiro atoms. The van der Waals surface area contributed by atoms with E-state index in [1.165, 1.54) is 22.4 Å². The number of hydrogen-bond acceptors (Lipinski definition) is 5. The van der Waals surface area contributed by atoms with Crippen LogP contribution in [0.25, 0.3) is 10.2 Å². The van der Waals surface area contributed by atoms with Crippen LogP contribution >= 0.6 is 11.3 Å². The van der Waals surface area contributed by atoms with Crippen molar-refractivity contribution < 1.29 is 0 Å². The van der Waals surface area contributed by atoms with E-state index in [-0.39, 0.29) is 5.56 Å². The molecule has 7 heteroatoms. The fourth-order valence-electron chi connectivity index (χ4n) is 4.30. The summed E-state index contributed by atoms with van der Waals surface area (Å²) in [4.78, 5) is 20.2. The first-order chi connectivity index (χ1) is 14.5. The molecule has 0 atom stereocenters. The van der Waals surface area contributed by atoms with Crippen LogP contribution in [0.5, 0.6) is 0 Å². The van der Waals surface area contributed by atoms with E-state index in [0.717, 1.165) is 46.6 Å². The highest BCUT2D eigenvalue weighted by Crippen LogP contribution is 2.34. The molecular formula is C23H25N5OS. The number of aromatic nitrogens is 4. The van der Waals surface area contributed by atoms with Crippen molar-refractivity contribution >= 4 is 33.2 Å². The molecule has 1 N–H and O–H groups in total. The van der Waals surface area contributed by atoms with Crippen LogP contribution in [0.15, 0.2) is 35.1 Å². The molecule has 0 saturated carbocycles. The van der Waals surface area contributed by atoms with E-state index in [4.69, 9.17) is 10.1 Å². The maximum atomic E-state index is 13.2. The van der Waals surface area contributed by atoms with E-state index in [2.05, 4.69) is 17.4 Å². The van der Waals surface area contributed by atoms with Crippen molar-refractivity contribution in [2.75, 3.05) is 5.32 Å². The van der Waals surface area contributed by atoms with Crippen LogP contribution in [0.3, 0.4) is 0 Å². The number of rotatable bonds is 4. The highest BCUT2D eigenvalue weighted by molar-refractivity contribution is 7.18. The molecule has 6 nitrogen and oxygen atoms in total. The number of benzene rings is 1. The molecule has 0 saturated heterocycles. The molecule has 0 amide bonds. The van der Waals surface area contributed by atoms with E-state index >= 15 is 0 Å². The van der Waals surface area contributed by atoms with E-state index in [9.17, 15) is 4.79 Å². The van der Waals surface area contributed by atoms with Crippen molar-refractivity contribution in [1.82, 2.24) is 19.3 Å². The maximum Gasteiger partial charge on any atom is 0.263 e. The lowest BCUT2D eigenvalue weighted by Crippen LogP contribution is -2.22. The van der Waals surface area contributed by atoms with Crippen LogP contribution in [0.4, 0.5) is 11.6 Å². The number of nitrogens with zero attached hydrogens (tertiary/aromatic N) is 4. The molecule has 5 rings (SSSR count). The number of nitrogens with one attached hydrogen (secondary N) is 1. The topological polar surface area (TPSA) is 64.7 Å². The van der Waals surface area contributed by atoms with E-state index < -0.39 is 0 Å². The first-order valence-corrected chi connectivity index (χ1v) is 11.2. The Morgan fingerprint density at radius 2 is 1.90 bits per heavy atom. The van der Waals surface area contributed by atoms with Crippen LogP contribution < -0.4 is 10.9 Å². The SMILES string of the molecule is Cc1nn(Cc2ccccc2)c(C)c1Nc1nc2sc3c(c2c(=O)n1C)CCCC3. The van der Waals surface area contributed by atoms with Gasteiger partial charge in [0.05, 0.1) is 29.0 Å². The van der Waals surface area contributed by atoms with Crippen molar-refractivity contribution in [3.8, 4) is 0 Å². The lowest BCUT2D eigenvalue weighted by atomic mass is 9.97. The van der Waals surface area contributed by atoms with Crippen LogP contribution in [0.1, 0.15) is 40.2 Å². The van der Waals surface area contributed by atoms with Crippen LogP contribution in [-0.2, 0) is 26.4 Å². The van der Waals surface area contributed by atoms with Crippen molar-refractivity contribution in [3.05, 3.63) is 68.1 Å². The Hall–Kier alpha value is -2.93. The van der Waals surface area contributed by atoms with Gasteiger partial charge in [0.15, 0.2) is 0 Å². The van der Waals surface area contributed by atoms with Gasteiger partial charge in [0.2, 0.25) is 5.95 Å². The van der Waals surface area contributed by atoms with Gasteiger partial charge in [0.25, 0.3) is 5.56 Å². The third-order valence-corrected chi connectivity index (χ3v) is 7.18. The predicted molar refractivity (Wildman–Crippen MR) is 122 cm³/mol. The van der Waals surface area contributed by atoms with Crippen molar-refractivity contribution in [2.24, 2.45) is 7.05 Å². The summed E-state index contributed by atoms with van der Waals surface area (Å²) in [5, 5.41) is 8.93. The summed E-state index contributed by atoms with van der Waals surface area (Å²) in [7, 11) is 1.79. The Bertz CT molecular complexity index is 1300. The minimum absolute atomic E-state index is 0.0360. The third kappa shape index (κ3) is 3.13. The van der Waals surface area contributed by atoms with Crippen molar-refractivity contribution in [3.63, 3.8) is 0 Å². The number of fused-ring (bicyclic) bond motifs is 3. The van der Waals surface area contributed by atoms with Gasteiger partial charge in [-0.1, -0.05) is 30.3 Å². The lowest BCUT2D eigenvalue weighted by molar-refractivity contribution is 0.659. The van der Waals surface area contributed by atoms with Crippen molar-refractivity contribution in [2.45, 2.75) is 46.1 Å². The standard InChI is InChI=1S/C23H25N5OS/c1-14-20(15(2)28(26-14)13-16-9-5-4-6-10-16)24-23-25-21-19(22(29)27(23)3)17-11-7-8-12-18(17)30-21/h4-6,9-10H,7-8,11-13H2,1-3H3,(H,24,25). The second-order valence-electron chi connectivity index (χ2n) is 8.00. The van der Waals surface area contributed by atoms with Crippen molar-refractivity contribution in [1.29, 1.82) is 0 Å². The number of aryl methyl sites for hydroxylation is 3. The Balaban J connectivity index is 1.53. The zero-order chi connectivity index (χ0) is 20.8. The molecular weight excluding hydrogens is 394 g/mol. The molecule has 4 aromatic rings. The zero-order valence-electron chi connectivity index (χ0n) is 17.5. The van der Waals surface area contributed by atoms with E-state index in [1.807, 2.05) is 36.7 Å². The molecule has 154 valence electrons. The summed E-state index contributed by atoms with van der Waals surface area (Å²) in [6, 6.07) is 10.3. The number of anilines is 2. The van der Waals surface area contributed by atoms with Gasteiger partial charge in [0.1, 0.15) is 4.83 Å². The second-order valence-corrected chi connectivity index (χ2v) is 9.09. The van der Waals surface area contributed by atoms with E-state index in [1.54, 1.807) is 23.0 Å². The molecule has 1 aliphatic rings. The molecule has 3 aromatic heterocycles. The van der Waals surface area contributed by atoms with Gasteiger partial charge in [0, 0.05) is 11.9 Å². The number of thiophene rings is 1. The first-order valence-electron chi connectivity index (χ1n) is 10.4. The van der Waals surface area contributed by atoms with Gasteiger partial charge < -0.3 is 5.32 Å². The molecule has 0 aliphatic heterocycles. The Labute approximate surface area is 179 Å². The second kappa shape index (κ2) is 7.40. The summed E-state index contributed by atoms with van der Waals surface area (Å²) >= 11 is 1.68. The quantitative estimate of drug-likeness (QED) is 0.530. The van der Waals surface area contributed by atoms with Gasteiger partial charge >= 0.3 is 0 Å². The Kier molecular flexibility index (Phi) is 4.70. The highest BCUT2D eigenvalue weighted by Gasteiger charge is 2.22. The van der Waals surface area contributed by atoms with E-state index in [0.29, 0.717) is 12.5 Å². The predicted octanol–water partition coefficient (Wildman–Crippen LogP) is 4.48.